The molecular formula is C6HF5INO. The summed E-state index contributed by atoms with van der Waals surface area (Å²) in [6, 6.07) is 0. The van der Waals surface area contributed by atoms with Gasteiger partial charge < -0.3 is 4.74 Å². The zero-order valence-electron chi connectivity index (χ0n) is 6.20. The second kappa shape index (κ2) is 3.83. The molecule has 0 bridgehead atoms. The van der Waals surface area contributed by atoms with E-state index in [0.29, 0.717) is 6.20 Å². The lowest BCUT2D eigenvalue weighted by Gasteiger charge is -2.09. The number of aromatic nitrogens is 1. The van der Waals surface area contributed by atoms with Gasteiger partial charge in [0.1, 0.15) is 3.57 Å². The van der Waals surface area contributed by atoms with Crippen LogP contribution >= 0.6 is 22.6 Å². The van der Waals surface area contributed by atoms with Crippen molar-refractivity contribution < 1.29 is 26.7 Å². The van der Waals surface area contributed by atoms with Crippen LogP contribution in [-0.4, -0.2) is 11.3 Å². The maximum absolute atomic E-state index is 12.7. The summed E-state index contributed by atoms with van der Waals surface area (Å²) >= 11 is 1.17. The maximum atomic E-state index is 12.7. The predicted molar refractivity (Wildman–Crippen MR) is 43.6 cm³/mol. The van der Waals surface area contributed by atoms with E-state index in [2.05, 4.69) is 9.72 Å². The van der Waals surface area contributed by atoms with Crippen LogP contribution in [0.4, 0.5) is 22.0 Å². The molecule has 0 fully saturated rings. The number of hydrogen-bond acceptors (Lipinski definition) is 2. The third kappa shape index (κ3) is 2.66. The van der Waals surface area contributed by atoms with Crippen LogP contribution in [0.25, 0.3) is 0 Å². The fourth-order valence-corrected chi connectivity index (χ4v) is 1.12. The van der Waals surface area contributed by atoms with E-state index in [1.807, 2.05) is 0 Å². The Morgan fingerprint density at radius 2 is 1.86 bits per heavy atom. The molecule has 0 aromatic carbocycles. The molecule has 0 radical (unpaired) electrons. The number of nitrogens with zero attached hydrogens (tertiary/aromatic N) is 1. The van der Waals surface area contributed by atoms with Crippen LogP contribution in [0.2, 0.25) is 0 Å². The highest BCUT2D eigenvalue weighted by Gasteiger charge is 2.33. The van der Waals surface area contributed by atoms with E-state index in [1.165, 1.54) is 22.6 Å². The van der Waals surface area contributed by atoms with Gasteiger partial charge in [0.05, 0.1) is 6.20 Å². The number of halogens is 6. The van der Waals surface area contributed by atoms with E-state index in [0.717, 1.165) is 0 Å². The SMILES string of the molecule is Fc1cnc(OC(F)(F)F)c(I)c1F. The topological polar surface area (TPSA) is 22.1 Å². The second-order valence-electron chi connectivity index (χ2n) is 2.09. The molecule has 78 valence electrons. The van der Waals surface area contributed by atoms with E-state index in [9.17, 15) is 22.0 Å². The highest BCUT2D eigenvalue weighted by atomic mass is 127. The maximum Gasteiger partial charge on any atom is 0.574 e. The molecule has 0 saturated carbocycles. The highest BCUT2D eigenvalue weighted by Crippen LogP contribution is 2.27. The van der Waals surface area contributed by atoms with Crippen LogP contribution in [-0.2, 0) is 0 Å². The smallest absolute Gasteiger partial charge is 0.387 e. The summed E-state index contributed by atoms with van der Waals surface area (Å²) in [5.41, 5.74) is 0. The first-order chi connectivity index (χ1) is 6.31. The van der Waals surface area contributed by atoms with Gasteiger partial charge in [-0.1, -0.05) is 0 Å². The average Bonchev–Trinajstić information content (AvgIpc) is 2.04. The molecule has 1 aromatic heterocycles. The number of hydrogen-bond donors (Lipinski definition) is 0. The van der Waals surface area contributed by atoms with Gasteiger partial charge in [-0.25, -0.2) is 13.8 Å². The van der Waals surface area contributed by atoms with Crippen molar-refractivity contribution in [3.63, 3.8) is 0 Å². The quantitative estimate of drug-likeness (QED) is 0.585. The van der Waals surface area contributed by atoms with Crippen molar-refractivity contribution in [2.75, 3.05) is 0 Å². The Hall–Kier alpha value is -0.670. The Balaban J connectivity index is 3.06. The third-order valence-electron chi connectivity index (χ3n) is 1.10. The van der Waals surface area contributed by atoms with Gasteiger partial charge in [0.15, 0.2) is 11.6 Å². The molecule has 1 heterocycles. The zero-order valence-corrected chi connectivity index (χ0v) is 8.36. The second-order valence-corrected chi connectivity index (χ2v) is 3.17. The summed E-state index contributed by atoms with van der Waals surface area (Å²) in [4.78, 5) is 2.96. The molecule has 0 aliphatic heterocycles. The third-order valence-corrected chi connectivity index (χ3v) is 2.03. The largest absolute Gasteiger partial charge is 0.574 e. The number of alkyl halides is 3. The first-order valence-corrected chi connectivity index (χ1v) is 4.14. The summed E-state index contributed by atoms with van der Waals surface area (Å²) in [6.07, 6.45) is -4.66. The zero-order chi connectivity index (χ0) is 10.9. The molecule has 0 atom stereocenters. The van der Waals surface area contributed by atoms with Crippen molar-refractivity contribution in [3.8, 4) is 5.88 Å². The monoisotopic (exact) mass is 325 g/mol. The minimum absolute atomic E-state index is 0.318. The Morgan fingerprint density at radius 3 is 2.36 bits per heavy atom. The van der Waals surface area contributed by atoms with Crippen LogP contribution in [0.15, 0.2) is 6.20 Å². The molecule has 0 amide bonds. The standard InChI is InChI=1S/C6HF5INO/c7-2-1-13-5(4(12)3(2)8)14-6(9,10)11/h1H. The molecule has 0 N–H and O–H groups in total. The van der Waals surface area contributed by atoms with E-state index >= 15 is 0 Å². The van der Waals surface area contributed by atoms with Gasteiger partial charge in [0.25, 0.3) is 0 Å². The van der Waals surface area contributed by atoms with Gasteiger partial charge in [0, 0.05) is 0 Å². The van der Waals surface area contributed by atoms with Crippen molar-refractivity contribution in [1.82, 2.24) is 4.98 Å². The van der Waals surface area contributed by atoms with Gasteiger partial charge in [-0.05, 0) is 22.6 Å². The van der Waals surface area contributed by atoms with Crippen molar-refractivity contribution in [3.05, 3.63) is 21.4 Å². The predicted octanol–water partition coefficient (Wildman–Crippen LogP) is 2.86. The van der Waals surface area contributed by atoms with Crippen molar-refractivity contribution in [2.24, 2.45) is 0 Å². The summed E-state index contributed by atoms with van der Waals surface area (Å²) in [6.45, 7) is 0. The molecule has 14 heavy (non-hydrogen) atoms. The summed E-state index contributed by atoms with van der Waals surface area (Å²) < 4.78 is 62.8. The van der Waals surface area contributed by atoms with Crippen LogP contribution in [0.1, 0.15) is 0 Å². The van der Waals surface area contributed by atoms with Gasteiger partial charge in [-0.3, -0.25) is 0 Å². The fourth-order valence-electron chi connectivity index (χ4n) is 0.608. The fraction of sp³-hybridized carbons (Fsp3) is 0.167. The molecule has 0 saturated heterocycles. The normalized spacial score (nSPS) is 11.6. The Kier molecular flexibility index (Phi) is 3.12. The summed E-state index contributed by atoms with van der Waals surface area (Å²) in [5, 5.41) is 0. The number of ether oxygens (including phenoxy) is 1. The molecule has 1 rings (SSSR count). The molecule has 0 spiro atoms. The van der Waals surface area contributed by atoms with Gasteiger partial charge >= 0.3 is 6.36 Å². The van der Waals surface area contributed by atoms with Gasteiger partial charge in [-0.15, -0.1) is 13.2 Å². The van der Waals surface area contributed by atoms with Crippen LogP contribution < -0.4 is 4.74 Å². The molecule has 0 unspecified atom stereocenters. The van der Waals surface area contributed by atoms with Gasteiger partial charge in [0.2, 0.25) is 5.88 Å². The molecule has 1 aromatic rings. The minimum Gasteiger partial charge on any atom is -0.387 e. The Morgan fingerprint density at radius 1 is 1.29 bits per heavy atom. The van der Waals surface area contributed by atoms with E-state index in [-0.39, 0.29) is 0 Å². The summed E-state index contributed by atoms with van der Waals surface area (Å²) in [5.74, 6) is -3.75. The van der Waals surface area contributed by atoms with Gasteiger partial charge in [-0.2, -0.15) is 0 Å². The molecule has 2 nitrogen and oxygen atoms in total. The lowest BCUT2D eigenvalue weighted by Crippen LogP contribution is -2.19. The van der Waals surface area contributed by atoms with E-state index < -0.39 is 27.4 Å². The number of pyridine rings is 1. The Bertz CT molecular complexity index is 353. The van der Waals surface area contributed by atoms with E-state index in [4.69, 9.17) is 0 Å². The van der Waals surface area contributed by atoms with Crippen LogP contribution in [0.5, 0.6) is 5.88 Å². The summed E-state index contributed by atoms with van der Waals surface area (Å²) in [7, 11) is 0. The molecule has 8 heteroatoms. The molecular weight excluding hydrogens is 324 g/mol. The van der Waals surface area contributed by atoms with Crippen LogP contribution in [0, 0.1) is 15.2 Å². The van der Waals surface area contributed by atoms with Crippen LogP contribution in [0.3, 0.4) is 0 Å². The van der Waals surface area contributed by atoms with E-state index in [1.54, 1.807) is 0 Å². The first kappa shape index (κ1) is 11.4. The minimum atomic E-state index is -4.98. The van der Waals surface area contributed by atoms with Crippen molar-refractivity contribution in [2.45, 2.75) is 6.36 Å². The first-order valence-electron chi connectivity index (χ1n) is 3.06. The highest BCUT2D eigenvalue weighted by molar-refractivity contribution is 14.1. The molecule has 0 aliphatic rings. The number of rotatable bonds is 1. The Labute approximate surface area is 88.2 Å². The molecule has 0 aliphatic carbocycles. The lowest BCUT2D eigenvalue weighted by atomic mass is 10.4. The van der Waals surface area contributed by atoms with Crippen molar-refractivity contribution in [1.29, 1.82) is 0 Å². The average molecular weight is 325 g/mol. The van der Waals surface area contributed by atoms with Crippen molar-refractivity contribution >= 4 is 22.6 Å². The lowest BCUT2D eigenvalue weighted by molar-refractivity contribution is -0.276.